The zero-order valence-electron chi connectivity index (χ0n) is 11.7. The zero-order valence-corrected chi connectivity index (χ0v) is 11.7. The molecule has 0 radical (unpaired) electrons. The number of nitrogen functional groups attached to an aromatic ring is 1. The van der Waals surface area contributed by atoms with Crippen molar-refractivity contribution >= 4 is 17.6 Å². The van der Waals surface area contributed by atoms with Gasteiger partial charge in [0.25, 0.3) is 5.91 Å². The van der Waals surface area contributed by atoms with Crippen LogP contribution in [0, 0.1) is 0 Å². The number of nitrogens with one attached hydrogen (secondary N) is 1. The van der Waals surface area contributed by atoms with E-state index in [4.69, 9.17) is 19.9 Å². The van der Waals surface area contributed by atoms with E-state index in [-0.39, 0.29) is 24.4 Å². The first kappa shape index (κ1) is 15.6. The molecule has 0 aliphatic rings. The molecule has 1 aromatic carbocycles. The molecule has 0 aromatic heterocycles. The number of esters is 1. The second kappa shape index (κ2) is 7.22. The molecule has 1 rings (SSSR count). The summed E-state index contributed by atoms with van der Waals surface area (Å²) in [7, 11) is 2.92. The molecule has 3 N–H and O–H groups in total. The van der Waals surface area contributed by atoms with Crippen molar-refractivity contribution in [1.29, 1.82) is 0 Å². The minimum absolute atomic E-state index is 0.201. The number of carbonyl (C=O) groups excluding carboxylic acids is 2. The highest BCUT2D eigenvalue weighted by Gasteiger charge is 2.16. The maximum absolute atomic E-state index is 11.9. The lowest BCUT2D eigenvalue weighted by Gasteiger charge is -2.12. The highest BCUT2D eigenvalue weighted by Crippen LogP contribution is 2.31. The van der Waals surface area contributed by atoms with E-state index in [9.17, 15) is 9.59 Å². The van der Waals surface area contributed by atoms with Crippen molar-refractivity contribution in [1.82, 2.24) is 5.32 Å². The Morgan fingerprint density at radius 2 is 1.80 bits per heavy atom. The number of hydrogen-bond donors (Lipinski definition) is 2. The van der Waals surface area contributed by atoms with Crippen LogP contribution >= 0.6 is 0 Å². The number of ether oxygens (including phenoxy) is 3. The largest absolute Gasteiger partial charge is 0.493 e. The molecule has 0 bridgehead atoms. The van der Waals surface area contributed by atoms with Gasteiger partial charge in [0.15, 0.2) is 11.5 Å². The topological polar surface area (TPSA) is 99.9 Å². The lowest BCUT2D eigenvalue weighted by atomic mass is 10.1. The summed E-state index contributed by atoms with van der Waals surface area (Å²) in [6, 6.07) is 2.94. The Morgan fingerprint density at radius 1 is 1.20 bits per heavy atom. The molecule has 20 heavy (non-hydrogen) atoms. The molecular formula is C13H18N2O5. The highest BCUT2D eigenvalue weighted by molar-refractivity contribution is 6.01. The van der Waals surface area contributed by atoms with E-state index in [1.165, 1.54) is 26.4 Å². The van der Waals surface area contributed by atoms with Gasteiger partial charge in [0.05, 0.1) is 26.4 Å². The van der Waals surface area contributed by atoms with E-state index in [2.05, 4.69) is 5.32 Å². The molecule has 110 valence electrons. The van der Waals surface area contributed by atoms with Gasteiger partial charge in [-0.05, 0) is 13.0 Å². The number of amides is 1. The Hall–Kier alpha value is -2.44. The van der Waals surface area contributed by atoms with Gasteiger partial charge in [-0.15, -0.1) is 0 Å². The third-order valence-electron chi connectivity index (χ3n) is 2.50. The molecule has 1 aromatic rings. The Kier molecular flexibility index (Phi) is 5.64. The third-order valence-corrected chi connectivity index (χ3v) is 2.50. The molecule has 0 unspecified atom stereocenters. The van der Waals surface area contributed by atoms with E-state index in [1.54, 1.807) is 6.92 Å². The van der Waals surface area contributed by atoms with Crippen LogP contribution in [0.25, 0.3) is 0 Å². The number of hydrogen-bond acceptors (Lipinski definition) is 6. The van der Waals surface area contributed by atoms with Crippen LogP contribution in [0.5, 0.6) is 11.5 Å². The molecular weight excluding hydrogens is 264 g/mol. The quantitative estimate of drug-likeness (QED) is 0.585. The van der Waals surface area contributed by atoms with Crippen LogP contribution in [-0.2, 0) is 9.53 Å². The van der Waals surface area contributed by atoms with Crippen molar-refractivity contribution in [3.63, 3.8) is 0 Å². The van der Waals surface area contributed by atoms with Crippen molar-refractivity contribution in [3.8, 4) is 11.5 Å². The number of rotatable bonds is 6. The van der Waals surface area contributed by atoms with Crippen LogP contribution in [0.15, 0.2) is 12.1 Å². The van der Waals surface area contributed by atoms with E-state index in [1.807, 2.05) is 0 Å². The minimum Gasteiger partial charge on any atom is -0.493 e. The number of benzene rings is 1. The first-order valence-electron chi connectivity index (χ1n) is 5.98. The van der Waals surface area contributed by atoms with Crippen LogP contribution in [0.2, 0.25) is 0 Å². The SMILES string of the molecule is CCOC(=O)CNC(=O)c1cc(OC)c(OC)cc1N. The molecule has 0 saturated heterocycles. The first-order chi connectivity index (χ1) is 9.53. The summed E-state index contributed by atoms with van der Waals surface area (Å²) in [4.78, 5) is 23.1. The number of methoxy groups -OCH3 is 2. The van der Waals surface area contributed by atoms with E-state index >= 15 is 0 Å². The number of anilines is 1. The van der Waals surface area contributed by atoms with E-state index in [0.717, 1.165) is 0 Å². The zero-order chi connectivity index (χ0) is 15.1. The molecule has 0 heterocycles. The lowest BCUT2D eigenvalue weighted by molar-refractivity contribution is -0.141. The molecule has 1 amide bonds. The fraction of sp³-hybridized carbons (Fsp3) is 0.385. The Labute approximate surface area is 117 Å². The Bertz CT molecular complexity index is 502. The van der Waals surface area contributed by atoms with Gasteiger partial charge in [0.1, 0.15) is 6.54 Å². The van der Waals surface area contributed by atoms with Gasteiger partial charge in [-0.3, -0.25) is 9.59 Å². The summed E-state index contributed by atoms with van der Waals surface area (Å²) < 4.78 is 14.9. The van der Waals surface area contributed by atoms with Crippen LogP contribution in [0.3, 0.4) is 0 Å². The van der Waals surface area contributed by atoms with Gasteiger partial charge < -0.3 is 25.3 Å². The van der Waals surface area contributed by atoms with E-state index in [0.29, 0.717) is 11.5 Å². The fourth-order valence-corrected chi connectivity index (χ4v) is 1.55. The van der Waals surface area contributed by atoms with Gasteiger partial charge in [0, 0.05) is 11.8 Å². The first-order valence-corrected chi connectivity index (χ1v) is 5.98. The average molecular weight is 282 g/mol. The predicted molar refractivity (Wildman–Crippen MR) is 72.9 cm³/mol. The Morgan fingerprint density at radius 3 is 2.35 bits per heavy atom. The van der Waals surface area contributed by atoms with Crippen LogP contribution in [0.4, 0.5) is 5.69 Å². The van der Waals surface area contributed by atoms with Gasteiger partial charge in [-0.1, -0.05) is 0 Å². The second-order valence-electron chi connectivity index (χ2n) is 3.78. The van der Waals surface area contributed by atoms with Crippen LogP contribution in [0.1, 0.15) is 17.3 Å². The standard InChI is InChI=1S/C13H18N2O5/c1-4-20-12(16)7-15-13(17)8-5-10(18-2)11(19-3)6-9(8)14/h5-6H,4,7,14H2,1-3H3,(H,15,17). The summed E-state index contributed by atoms with van der Waals surface area (Å²) in [5, 5.41) is 2.42. The molecule has 7 heteroatoms. The van der Waals surface area contributed by atoms with Crippen molar-refractivity contribution in [2.45, 2.75) is 6.92 Å². The van der Waals surface area contributed by atoms with E-state index < -0.39 is 11.9 Å². The molecule has 0 aliphatic carbocycles. The summed E-state index contributed by atoms with van der Waals surface area (Å²) in [5.41, 5.74) is 6.20. The normalized spacial score (nSPS) is 9.75. The fourth-order valence-electron chi connectivity index (χ4n) is 1.55. The third kappa shape index (κ3) is 3.78. The van der Waals surface area contributed by atoms with Gasteiger partial charge >= 0.3 is 5.97 Å². The van der Waals surface area contributed by atoms with Gasteiger partial charge in [0.2, 0.25) is 0 Å². The number of nitrogens with two attached hydrogens (primary N) is 1. The molecule has 0 atom stereocenters. The molecule has 0 spiro atoms. The maximum Gasteiger partial charge on any atom is 0.325 e. The molecule has 0 saturated carbocycles. The summed E-state index contributed by atoms with van der Waals surface area (Å²) in [5.74, 6) is -0.202. The predicted octanol–water partition coefficient (Wildman–Crippen LogP) is 0.579. The smallest absolute Gasteiger partial charge is 0.325 e. The summed E-state index contributed by atoms with van der Waals surface area (Å²) >= 11 is 0. The van der Waals surface area contributed by atoms with Crippen molar-refractivity contribution in [2.75, 3.05) is 33.1 Å². The molecule has 7 nitrogen and oxygen atoms in total. The monoisotopic (exact) mass is 282 g/mol. The molecule has 0 aliphatic heterocycles. The lowest BCUT2D eigenvalue weighted by Crippen LogP contribution is -2.31. The van der Waals surface area contributed by atoms with Crippen molar-refractivity contribution in [2.24, 2.45) is 0 Å². The van der Waals surface area contributed by atoms with Crippen molar-refractivity contribution in [3.05, 3.63) is 17.7 Å². The second-order valence-corrected chi connectivity index (χ2v) is 3.78. The maximum atomic E-state index is 11.9. The highest BCUT2D eigenvalue weighted by atomic mass is 16.5. The average Bonchev–Trinajstić information content (AvgIpc) is 2.44. The van der Waals surface area contributed by atoms with Gasteiger partial charge in [-0.25, -0.2) is 0 Å². The minimum atomic E-state index is -0.514. The van der Waals surface area contributed by atoms with Crippen LogP contribution in [-0.4, -0.2) is 39.2 Å². The summed E-state index contributed by atoms with van der Waals surface area (Å²) in [6.07, 6.45) is 0. The van der Waals surface area contributed by atoms with Crippen LogP contribution < -0.4 is 20.5 Å². The Balaban J connectivity index is 2.85. The molecule has 0 fully saturated rings. The van der Waals surface area contributed by atoms with Gasteiger partial charge in [-0.2, -0.15) is 0 Å². The van der Waals surface area contributed by atoms with Crippen molar-refractivity contribution < 1.29 is 23.8 Å². The summed E-state index contributed by atoms with van der Waals surface area (Å²) in [6.45, 7) is 1.72. The number of carbonyl (C=O) groups is 2.